The predicted octanol–water partition coefficient (Wildman–Crippen LogP) is 6.15. The zero-order chi connectivity index (χ0) is 20.2. The fourth-order valence-electron chi connectivity index (χ4n) is 3.39. The fraction of sp³-hybridized carbons (Fsp3) is 0.667. The van der Waals surface area contributed by atoms with Crippen molar-refractivity contribution in [2.24, 2.45) is 0 Å². The molecule has 0 radical (unpaired) electrons. The van der Waals surface area contributed by atoms with Crippen molar-refractivity contribution in [2.75, 3.05) is 5.09 Å². The van der Waals surface area contributed by atoms with Crippen LogP contribution in [0.1, 0.15) is 62.3 Å². The molecule has 0 atom stereocenters. The zero-order valence-electron chi connectivity index (χ0n) is 17.5. The summed E-state index contributed by atoms with van der Waals surface area (Å²) in [4.78, 5) is 0. The van der Waals surface area contributed by atoms with Crippen LogP contribution in [-0.2, 0) is 24.5 Å². The van der Waals surface area contributed by atoms with Gasteiger partial charge >= 0.3 is 0 Å². The third kappa shape index (κ3) is 4.38. The first-order valence-corrected chi connectivity index (χ1v) is 14.4. The van der Waals surface area contributed by atoms with Gasteiger partial charge in [-0.25, -0.2) is 5.09 Å². The van der Waals surface area contributed by atoms with Crippen LogP contribution in [0.4, 0.5) is 5.69 Å². The van der Waals surface area contributed by atoms with E-state index in [9.17, 15) is 0 Å². The molecule has 8 heteroatoms. The van der Waals surface area contributed by atoms with Crippen LogP contribution < -0.4 is 10.2 Å². The normalized spacial score (nSPS) is 28.7. The second kappa shape index (κ2) is 7.06. The SMILES string of the molecule is CC(C)(C)N[P+]1([S-])N(C(C)(C)C)[P+]([S-])(Nc2ccccc2)N1C(C)(C)C. The van der Waals surface area contributed by atoms with E-state index in [1.807, 2.05) is 18.2 Å². The van der Waals surface area contributed by atoms with Crippen molar-refractivity contribution in [2.45, 2.75) is 78.9 Å². The maximum Gasteiger partial charge on any atom is 0.204 e. The largest absolute Gasteiger partial charge is 0.491 e. The molecule has 1 aliphatic rings. The molecule has 1 aromatic carbocycles. The Kier molecular flexibility index (Phi) is 6.17. The van der Waals surface area contributed by atoms with Crippen LogP contribution in [0.15, 0.2) is 30.3 Å². The van der Waals surface area contributed by atoms with Crippen molar-refractivity contribution in [3.63, 3.8) is 0 Å². The number of anilines is 1. The van der Waals surface area contributed by atoms with Gasteiger partial charge in [0.1, 0.15) is 0 Å². The van der Waals surface area contributed by atoms with Gasteiger partial charge in [0.05, 0.1) is 16.8 Å². The van der Waals surface area contributed by atoms with E-state index in [0.29, 0.717) is 0 Å². The molecule has 0 unspecified atom stereocenters. The summed E-state index contributed by atoms with van der Waals surface area (Å²) in [7, 11) is 0. The van der Waals surface area contributed by atoms with E-state index in [-0.39, 0.29) is 16.6 Å². The Morgan fingerprint density at radius 2 is 1.15 bits per heavy atom. The minimum Gasteiger partial charge on any atom is -0.491 e. The van der Waals surface area contributed by atoms with Gasteiger partial charge in [-0.1, -0.05) is 18.2 Å². The predicted molar refractivity (Wildman–Crippen MR) is 125 cm³/mol. The molecule has 148 valence electrons. The molecule has 1 fully saturated rings. The molecule has 1 aromatic rings. The number of rotatable bonds is 3. The first-order valence-electron chi connectivity index (χ1n) is 8.97. The molecule has 0 spiro atoms. The van der Waals surface area contributed by atoms with E-state index in [2.05, 4.69) is 93.5 Å². The number of para-hydroxylation sites is 1. The van der Waals surface area contributed by atoms with Crippen LogP contribution in [0.3, 0.4) is 0 Å². The third-order valence-corrected chi connectivity index (χ3v) is 16.8. The van der Waals surface area contributed by atoms with E-state index >= 15 is 0 Å². The smallest absolute Gasteiger partial charge is 0.204 e. The standard InChI is InChI=1S/C18H34N4P2S2/c1-16(2,3)20-24(26)21(17(4,5)6)23(25,22(24)18(7,8)9)19-15-13-11-10-12-14-15/h10-14H,1-9H3,(H,19,25)(H,20,26). The summed E-state index contributed by atoms with van der Waals surface area (Å²) in [6.07, 6.45) is 0. The maximum atomic E-state index is 6.36. The molecular weight excluding hydrogens is 398 g/mol. The lowest BCUT2D eigenvalue weighted by atomic mass is 10.1. The Hall–Kier alpha value is 0.460. The van der Waals surface area contributed by atoms with Crippen molar-refractivity contribution >= 4 is 44.0 Å². The van der Waals surface area contributed by atoms with Gasteiger partial charge < -0.3 is 24.5 Å². The molecule has 4 nitrogen and oxygen atoms in total. The molecule has 2 rings (SSSR count). The highest BCUT2D eigenvalue weighted by atomic mass is 32.7. The maximum absolute atomic E-state index is 6.36. The zero-order valence-corrected chi connectivity index (χ0v) is 20.9. The molecule has 1 aliphatic heterocycles. The minimum atomic E-state index is -2.25. The molecule has 0 aromatic heterocycles. The summed E-state index contributed by atoms with van der Waals surface area (Å²) in [6, 6.07) is 10.3. The minimum absolute atomic E-state index is 0.0874. The Labute approximate surface area is 172 Å². The van der Waals surface area contributed by atoms with Crippen LogP contribution in [0, 0.1) is 0 Å². The molecule has 26 heavy (non-hydrogen) atoms. The van der Waals surface area contributed by atoms with E-state index in [1.165, 1.54) is 0 Å². The molecule has 1 heterocycles. The average molecular weight is 433 g/mol. The highest BCUT2D eigenvalue weighted by Gasteiger charge is 2.77. The summed E-state index contributed by atoms with van der Waals surface area (Å²) >= 11 is 12.7. The number of benzene rings is 1. The number of hydrogen-bond acceptors (Lipinski definition) is 6. The van der Waals surface area contributed by atoms with Crippen molar-refractivity contribution in [1.29, 1.82) is 0 Å². The first-order chi connectivity index (χ1) is 11.5. The molecule has 2 N–H and O–H groups in total. The Bertz CT molecular complexity index is 613. The van der Waals surface area contributed by atoms with E-state index < -0.39 is 13.8 Å². The van der Waals surface area contributed by atoms with E-state index in [1.54, 1.807) is 0 Å². The van der Waals surface area contributed by atoms with Gasteiger partial charge in [-0.05, 0) is 83.3 Å². The Balaban J connectivity index is 2.56. The summed E-state index contributed by atoms with van der Waals surface area (Å²) in [5.74, 6) is 0. The molecule has 1 saturated heterocycles. The summed E-state index contributed by atoms with van der Waals surface area (Å²) in [5.41, 5.74) is 0.701. The molecule has 0 bridgehead atoms. The van der Waals surface area contributed by atoms with Gasteiger partial charge in [-0.15, -0.1) is 0 Å². The summed E-state index contributed by atoms with van der Waals surface area (Å²) in [5, 5.41) is 7.49. The highest BCUT2D eigenvalue weighted by Crippen LogP contribution is 2.96. The fourth-order valence-corrected chi connectivity index (χ4v) is 21.0. The van der Waals surface area contributed by atoms with E-state index in [4.69, 9.17) is 24.5 Å². The lowest BCUT2D eigenvalue weighted by Crippen LogP contribution is -2.66. The van der Waals surface area contributed by atoms with Gasteiger partial charge in [0.2, 0.25) is 6.92 Å². The van der Waals surface area contributed by atoms with Gasteiger partial charge in [0, 0.05) is 5.54 Å². The van der Waals surface area contributed by atoms with Crippen LogP contribution in [0.5, 0.6) is 0 Å². The third-order valence-electron chi connectivity index (χ3n) is 3.76. The summed E-state index contributed by atoms with van der Waals surface area (Å²) < 4.78 is 4.84. The molecule has 0 aliphatic carbocycles. The Morgan fingerprint density at radius 1 is 0.731 bits per heavy atom. The van der Waals surface area contributed by atoms with Crippen LogP contribution in [0.25, 0.3) is 0 Å². The number of hydrogen-bond donors (Lipinski definition) is 2. The molecular formula is C18H34N4P2S2. The molecule has 0 amide bonds. The van der Waals surface area contributed by atoms with Crippen LogP contribution in [-0.4, -0.2) is 25.5 Å². The Morgan fingerprint density at radius 3 is 1.50 bits per heavy atom. The second-order valence-electron chi connectivity index (χ2n) is 9.85. The average Bonchev–Trinajstić information content (AvgIpc) is 2.31. The van der Waals surface area contributed by atoms with Gasteiger partial charge in [-0.2, -0.15) is 5.09 Å². The first kappa shape index (κ1) is 22.7. The monoisotopic (exact) mass is 432 g/mol. The van der Waals surface area contributed by atoms with Crippen LogP contribution >= 0.6 is 13.8 Å². The lowest BCUT2D eigenvalue weighted by Gasteiger charge is -2.70. The van der Waals surface area contributed by atoms with Crippen LogP contribution in [0.2, 0.25) is 0 Å². The van der Waals surface area contributed by atoms with Gasteiger partial charge in [0.15, 0.2) is 6.92 Å². The quantitative estimate of drug-likeness (QED) is 0.440. The topological polar surface area (TPSA) is 30.5 Å². The number of nitrogens with one attached hydrogen (secondary N) is 2. The summed E-state index contributed by atoms with van der Waals surface area (Å²) in [6.45, 7) is 15.4. The second-order valence-corrected chi connectivity index (χ2v) is 17.8. The van der Waals surface area contributed by atoms with Crippen molar-refractivity contribution < 1.29 is 0 Å². The highest BCUT2D eigenvalue weighted by molar-refractivity contribution is 8.56. The van der Waals surface area contributed by atoms with Crippen molar-refractivity contribution in [1.82, 2.24) is 14.0 Å². The van der Waals surface area contributed by atoms with Gasteiger partial charge in [0.25, 0.3) is 0 Å². The van der Waals surface area contributed by atoms with Crippen molar-refractivity contribution in [3.8, 4) is 0 Å². The number of nitrogens with zero attached hydrogens (tertiary/aromatic N) is 2. The van der Waals surface area contributed by atoms with Crippen molar-refractivity contribution in [3.05, 3.63) is 30.3 Å². The van der Waals surface area contributed by atoms with Gasteiger partial charge in [-0.3, -0.25) is 0 Å². The lowest BCUT2D eigenvalue weighted by molar-refractivity contribution is 0.266. The van der Waals surface area contributed by atoms with E-state index in [0.717, 1.165) is 5.69 Å². The molecule has 0 saturated carbocycles.